The van der Waals surface area contributed by atoms with E-state index in [0.29, 0.717) is 23.7 Å². The lowest BCUT2D eigenvalue weighted by Gasteiger charge is -2.30. The molecule has 0 spiro atoms. The quantitative estimate of drug-likeness (QED) is 0.701. The fraction of sp³-hybridized carbons (Fsp3) is 0.364. The number of ether oxygens (including phenoxy) is 3. The highest BCUT2D eigenvalue weighted by molar-refractivity contribution is 5.68. The Bertz CT molecular complexity index is 852. The van der Waals surface area contributed by atoms with E-state index in [1.165, 1.54) is 0 Å². The first-order valence-electron chi connectivity index (χ1n) is 8.59. The van der Waals surface area contributed by atoms with Gasteiger partial charge in [-0.15, -0.1) is 0 Å². The number of hydrogen-bond donors (Lipinski definition) is 0. The Morgan fingerprint density at radius 1 is 0.963 bits per heavy atom. The summed E-state index contributed by atoms with van der Waals surface area (Å²) in [6.45, 7) is 4.27. The van der Waals surface area contributed by atoms with Gasteiger partial charge in [0.05, 0.1) is 26.9 Å². The number of allylic oxidation sites excluding steroid dienone is 5. The summed E-state index contributed by atoms with van der Waals surface area (Å²) in [5.74, 6) is 1.93. The minimum Gasteiger partial charge on any atom is -0.496 e. The zero-order chi connectivity index (χ0) is 20.0. The van der Waals surface area contributed by atoms with Gasteiger partial charge in [-0.25, -0.2) is 0 Å². The van der Waals surface area contributed by atoms with E-state index in [0.717, 1.165) is 23.1 Å². The molecule has 2 rings (SSSR count). The molecule has 140 valence electrons. The van der Waals surface area contributed by atoms with Gasteiger partial charge in [0.2, 0.25) is 0 Å². The Morgan fingerprint density at radius 2 is 1.56 bits per heavy atom. The fourth-order valence-electron chi connectivity index (χ4n) is 3.28. The predicted molar refractivity (Wildman–Crippen MR) is 104 cm³/mol. The summed E-state index contributed by atoms with van der Waals surface area (Å²) in [6, 6.07) is 7.60. The first-order valence-corrected chi connectivity index (χ1v) is 8.59. The van der Waals surface area contributed by atoms with Gasteiger partial charge >= 0.3 is 0 Å². The Labute approximate surface area is 160 Å². The average Bonchev–Trinajstić information content (AvgIpc) is 2.65. The summed E-state index contributed by atoms with van der Waals surface area (Å²) < 4.78 is 16.2. The summed E-state index contributed by atoms with van der Waals surface area (Å²) >= 11 is 0. The van der Waals surface area contributed by atoms with E-state index in [1.807, 2.05) is 30.4 Å². The molecular weight excluding hydrogens is 340 g/mol. The molecule has 0 saturated carbocycles. The normalized spacial score (nSPS) is 15.5. The number of benzene rings is 1. The maximum atomic E-state index is 9.21. The average molecular weight is 364 g/mol. The smallest absolute Gasteiger partial charge is 0.133 e. The van der Waals surface area contributed by atoms with Crippen LogP contribution in [0.5, 0.6) is 17.2 Å². The summed E-state index contributed by atoms with van der Waals surface area (Å²) in [5.41, 5.74) is 2.77. The standard InChI is InChI=1S/C22H24N2O3/c1-22(2)11-15(8-16(12-22)17(13-23)14-24)6-7-19-20(26-4)9-18(25-3)10-21(19)27-5/h6-10H,11-12H2,1-5H3. The summed E-state index contributed by atoms with van der Waals surface area (Å²) in [7, 11) is 4.79. The van der Waals surface area contributed by atoms with Crippen molar-refractivity contribution >= 4 is 6.08 Å². The topological polar surface area (TPSA) is 75.3 Å². The van der Waals surface area contributed by atoms with E-state index in [2.05, 4.69) is 13.8 Å². The Morgan fingerprint density at radius 3 is 2.04 bits per heavy atom. The van der Waals surface area contributed by atoms with Gasteiger partial charge in [-0.2, -0.15) is 10.5 Å². The Hall–Kier alpha value is -3.18. The highest BCUT2D eigenvalue weighted by Gasteiger charge is 2.26. The van der Waals surface area contributed by atoms with Crippen molar-refractivity contribution in [3.63, 3.8) is 0 Å². The van der Waals surface area contributed by atoms with E-state index in [9.17, 15) is 10.5 Å². The largest absolute Gasteiger partial charge is 0.496 e. The molecule has 0 fully saturated rings. The second-order valence-corrected chi connectivity index (χ2v) is 7.14. The molecule has 0 unspecified atom stereocenters. The number of hydrogen-bond acceptors (Lipinski definition) is 5. The van der Waals surface area contributed by atoms with E-state index in [1.54, 1.807) is 33.5 Å². The van der Waals surface area contributed by atoms with E-state index >= 15 is 0 Å². The zero-order valence-corrected chi connectivity index (χ0v) is 16.4. The van der Waals surface area contributed by atoms with Gasteiger partial charge in [-0.05, 0) is 35.5 Å². The van der Waals surface area contributed by atoms with Crippen LogP contribution >= 0.6 is 0 Å². The molecule has 0 amide bonds. The van der Waals surface area contributed by atoms with Crippen LogP contribution in [0, 0.1) is 28.1 Å². The predicted octanol–water partition coefficient (Wildman–Crippen LogP) is 4.82. The molecule has 0 N–H and O–H groups in total. The molecule has 27 heavy (non-hydrogen) atoms. The molecule has 0 saturated heterocycles. The van der Waals surface area contributed by atoms with E-state index in [-0.39, 0.29) is 11.0 Å². The number of rotatable bonds is 5. The molecule has 1 aromatic carbocycles. The van der Waals surface area contributed by atoms with Crippen LogP contribution in [0.1, 0.15) is 32.3 Å². The second-order valence-electron chi connectivity index (χ2n) is 7.14. The van der Waals surface area contributed by atoms with Crippen LogP contribution in [0.2, 0.25) is 0 Å². The minimum atomic E-state index is -0.0310. The van der Waals surface area contributed by atoms with Crippen molar-refractivity contribution in [2.45, 2.75) is 26.7 Å². The van der Waals surface area contributed by atoms with Crippen molar-refractivity contribution in [1.29, 1.82) is 10.5 Å². The lowest BCUT2D eigenvalue weighted by atomic mass is 9.74. The van der Waals surface area contributed by atoms with Crippen molar-refractivity contribution in [2.75, 3.05) is 21.3 Å². The zero-order valence-electron chi connectivity index (χ0n) is 16.4. The Balaban J connectivity index is 2.50. The molecule has 0 heterocycles. The molecule has 0 bridgehead atoms. The van der Waals surface area contributed by atoms with Crippen LogP contribution in [0.3, 0.4) is 0 Å². The summed E-state index contributed by atoms with van der Waals surface area (Å²) in [4.78, 5) is 0. The highest BCUT2D eigenvalue weighted by Crippen LogP contribution is 2.40. The maximum Gasteiger partial charge on any atom is 0.133 e. The van der Waals surface area contributed by atoms with Crippen LogP contribution in [-0.4, -0.2) is 21.3 Å². The molecule has 0 aliphatic heterocycles. The van der Waals surface area contributed by atoms with Crippen molar-refractivity contribution in [3.05, 3.63) is 46.6 Å². The van der Waals surface area contributed by atoms with Crippen molar-refractivity contribution < 1.29 is 14.2 Å². The Kier molecular flexibility index (Phi) is 6.32. The third kappa shape index (κ3) is 4.71. The van der Waals surface area contributed by atoms with Gasteiger partial charge in [0.1, 0.15) is 35.0 Å². The third-order valence-electron chi connectivity index (χ3n) is 4.47. The number of nitriles is 2. The molecule has 1 aliphatic carbocycles. The van der Waals surface area contributed by atoms with Crippen LogP contribution < -0.4 is 14.2 Å². The molecular formula is C22H24N2O3. The van der Waals surface area contributed by atoms with Gasteiger partial charge in [0.15, 0.2) is 0 Å². The van der Waals surface area contributed by atoms with Crippen molar-refractivity contribution in [3.8, 4) is 29.4 Å². The lowest BCUT2D eigenvalue weighted by Crippen LogP contribution is -2.17. The van der Waals surface area contributed by atoms with Crippen LogP contribution in [-0.2, 0) is 0 Å². The highest BCUT2D eigenvalue weighted by atomic mass is 16.5. The molecule has 0 aromatic heterocycles. The van der Waals surface area contributed by atoms with Crippen molar-refractivity contribution in [2.24, 2.45) is 5.41 Å². The monoisotopic (exact) mass is 364 g/mol. The van der Waals surface area contributed by atoms with E-state index in [4.69, 9.17) is 14.2 Å². The third-order valence-corrected chi connectivity index (χ3v) is 4.47. The molecule has 0 radical (unpaired) electrons. The summed E-state index contributed by atoms with van der Waals surface area (Å²) in [6.07, 6.45) is 7.40. The SMILES string of the molecule is COc1cc(OC)c(C=CC2=CC(=C(C#N)C#N)CC(C)(C)C2)c(OC)c1. The van der Waals surface area contributed by atoms with Crippen LogP contribution in [0.25, 0.3) is 6.08 Å². The lowest BCUT2D eigenvalue weighted by molar-refractivity contribution is 0.354. The molecule has 5 nitrogen and oxygen atoms in total. The molecule has 1 aromatic rings. The first kappa shape index (κ1) is 20.1. The van der Waals surface area contributed by atoms with Crippen LogP contribution in [0.4, 0.5) is 0 Å². The first-order chi connectivity index (χ1) is 12.9. The van der Waals surface area contributed by atoms with E-state index < -0.39 is 0 Å². The number of methoxy groups -OCH3 is 3. The van der Waals surface area contributed by atoms with Gasteiger partial charge in [0, 0.05) is 12.1 Å². The molecule has 1 aliphatic rings. The van der Waals surface area contributed by atoms with Gasteiger partial charge in [0.25, 0.3) is 0 Å². The number of nitrogens with zero attached hydrogens (tertiary/aromatic N) is 2. The maximum absolute atomic E-state index is 9.21. The molecule has 5 heteroatoms. The fourth-order valence-corrected chi connectivity index (χ4v) is 3.28. The van der Waals surface area contributed by atoms with Gasteiger partial charge in [-0.3, -0.25) is 0 Å². The van der Waals surface area contributed by atoms with Crippen LogP contribution in [0.15, 0.2) is 41.0 Å². The summed E-state index contributed by atoms with van der Waals surface area (Å²) in [5, 5.41) is 18.4. The van der Waals surface area contributed by atoms with Gasteiger partial charge in [-0.1, -0.05) is 26.0 Å². The minimum absolute atomic E-state index is 0.0310. The van der Waals surface area contributed by atoms with Gasteiger partial charge < -0.3 is 14.2 Å². The second kappa shape index (κ2) is 8.47. The van der Waals surface area contributed by atoms with Crippen molar-refractivity contribution in [1.82, 2.24) is 0 Å². The molecule has 0 atom stereocenters.